The number of aromatic nitrogens is 2. The minimum atomic E-state index is -0.547. The molecule has 9 nitrogen and oxygen atoms in total. The molecule has 0 aliphatic rings. The van der Waals surface area contributed by atoms with Crippen molar-refractivity contribution in [1.82, 2.24) is 15.4 Å². The maximum absolute atomic E-state index is 12.3. The fourth-order valence-electron chi connectivity index (χ4n) is 3.66. The van der Waals surface area contributed by atoms with Crippen LogP contribution in [0.1, 0.15) is 12.5 Å². The van der Waals surface area contributed by atoms with Gasteiger partial charge < -0.3 is 4.90 Å². The number of anilines is 3. The van der Waals surface area contributed by atoms with Gasteiger partial charge in [0.05, 0.1) is 17.0 Å². The highest BCUT2D eigenvalue weighted by Gasteiger charge is 2.28. The molecule has 0 bridgehead atoms. The Morgan fingerprint density at radius 3 is 2.48 bits per heavy atom. The summed E-state index contributed by atoms with van der Waals surface area (Å²) in [6.45, 7) is 2.33. The summed E-state index contributed by atoms with van der Waals surface area (Å²) in [6.07, 6.45) is 1.36. The molecule has 0 unspecified atom stereocenters. The highest BCUT2D eigenvalue weighted by Crippen LogP contribution is 2.38. The Kier molecular flexibility index (Phi) is 6.40. The van der Waals surface area contributed by atoms with Crippen LogP contribution < -0.4 is 15.8 Å². The van der Waals surface area contributed by atoms with Crippen molar-refractivity contribution >= 4 is 39.7 Å². The van der Waals surface area contributed by atoms with E-state index >= 15 is 0 Å². The number of hydrazine groups is 1. The fourth-order valence-corrected chi connectivity index (χ4v) is 3.66. The second-order valence-electron chi connectivity index (χ2n) is 7.23. The van der Waals surface area contributed by atoms with Crippen LogP contribution in [0.15, 0.2) is 79.1 Å². The summed E-state index contributed by atoms with van der Waals surface area (Å²) < 4.78 is 0. The summed E-state index contributed by atoms with van der Waals surface area (Å²) in [5, 5.41) is 14.0. The SMILES string of the molecule is CCN(c1ncnc(NNC(=O)Cc2ccccc2)c1[N+](=O)[O-])c1cccc2ccccc12. The molecular weight excluding hydrogens is 420 g/mol. The first-order valence-electron chi connectivity index (χ1n) is 10.4. The first-order valence-corrected chi connectivity index (χ1v) is 10.4. The van der Waals surface area contributed by atoms with Gasteiger partial charge in [-0.15, -0.1) is 0 Å². The maximum Gasteiger partial charge on any atom is 0.355 e. The zero-order valence-electron chi connectivity index (χ0n) is 17.9. The molecule has 0 aliphatic carbocycles. The number of rotatable bonds is 8. The zero-order valence-corrected chi connectivity index (χ0v) is 17.9. The number of fused-ring (bicyclic) bond motifs is 1. The normalized spacial score (nSPS) is 10.6. The number of nitro groups is 1. The molecule has 4 rings (SSSR count). The molecule has 0 spiro atoms. The molecule has 0 saturated carbocycles. The van der Waals surface area contributed by atoms with Crippen molar-refractivity contribution in [3.8, 4) is 0 Å². The van der Waals surface area contributed by atoms with E-state index in [1.165, 1.54) is 6.33 Å². The average Bonchev–Trinajstić information content (AvgIpc) is 2.84. The highest BCUT2D eigenvalue weighted by molar-refractivity contribution is 5.96. The Balaban J connectivity index is 1.65. The Hall–Kier alpha value is -4.53. The van der Waals surface area contributed by atoms with Crippen LogP contribution in [0.2, 0.25) is 0 Å². The van der Waals surface area contributed by atoms with Crippen molar-refractivity contribution in [1.29, 1.82) is 0 Å². The number of nitrogens with zero attached hydrogens (tertiary/aromatic N) is 4. The zero-order chi connectivity index (χ0) is 23.2. The Morgan fingerprint density at radius 2 is 1.73 bits per heavy atom. The van der Waals surface area contributed by atoms with Gasteiger partial charge in [-0.05, 0) is 23.9 Å². The molecule has 0 atom stereocenters. The van der Waals surface area contributed by atoms with Crippen molar-refractivity contribution in [3.05, 3.63) is 94.8 Å². The van der Waals surface area contributed by atoms with Crippen LogP contribution in [0.3, 0.4) is 0 Å². The standard InChI is InChI=1S/C24H22N6O3/c1-2-29(20-14-8-12-18-11-6-7-13-19(18)20)24-22(30(32)33)23(25-16-26-24)28-27-21(31)15-17-9-4-3-5-10-17/h3-14,16H,2,15H2,1H3,(H,27,31)(H,25,26,28). The fraction of sp³-hybridized carbons (Fsp3) is 0.125. The first-order chi connectivity index (χ1) is 16.1. The number of carbonyl (C=O) groups excluding carboxylic acids is 1. The van der Waals surface area contributed by atoms with E-state index in [1.807, 2.05) is 79.7 Å². The highest BCUT2D eigenvalue weighted by atomic mass is 16.6. The summed E-state index contributed by atoms with van der Waals surface area (Å²) in [5.74, 6) is -0.309. The van der Waals surface area contributed by atoms with E-state index in [9.17, 15) is 14.9 Å². The van der Waals surface area contributed by atoms with E-state index in [0.29, 0.717) is 6.54 Å². The summed E-state index contributed by atoms with van der Waals surface area (Å²) in [7, 11) is 0. The van der Waals surface area contributed by atoms with E-state index in [2.05, 4.69) is 20.8 Å². The average molecular weight is 442 g/mol. The predicted molar refractivity (Wildman–Crippen MR) is 127 cm³/mol. The van der Waals surface area contributed by atoms with Gasteiger partial charge in [0.15, 0.2) is 0 Å². The third kappa shape index (κ3) is 4.72. The molecule has 3 aromatic carbocycles. The van der Waals surface area contributed by atoms with E-state index in [1.54, 1.807) is 4.90 Å². The summed E-state index contributed by atoms with van der Waals surface area (Å²) >= 11 is 0. The number of nitrogens with one attached hydrogen (secondary N) is 2. The number of benzene rings is 3. The second-order valence-corrected chi connectivity index (χ2v) is 7.23. The molecular formula is C24H22N6O3. The minimum Gasteiger partial charge on any atom is -0.320 e. The summed E-state index contributed by atoms with van der Waals surface area (Å²) in [6, 6.07) is 22.8. The third-order valence-electron chi connectivity index (χ3n) is 5.14. The van der Waals surface area contributed by atoms with Crippen molar-refractivity contribution < 1.29 is 9.72 Å². The topological polar surface area (TPSA) is 113 Å². The molecule has 0 radical (unpaired) electrons. The molecule has 0 aliphatic heterocycles. The van der Waals surface area contributed by atoms with Gasteiger partial charge in [-0.3, -0.25) is 25.8 Å². The van der Waals surface area contributed by atoms with Crippen molar-refractivity contribution in [2.24, 2.45) is 0 Å². The van der Waals surface area contributed by atoms with Gasteiger partial charge in [0.25, 0.3) is 0 Å². The monoisotopic (exact) mass is 442 g/mol. The van der Waals surface area contributed by atoms with Crippen LogP contribution >= 0.6 is 0 Å². The molecule has 9 heteroatoms. The van der Waals surface area contributed by atoms with Gasteiger partial charge >= 0.3 is 5.69 Å². The molecule has 2 N–H and O–H groups in total. The predicted octanol–water partition coefficient (Wildman–Crippen LogP) is 4.38. The van der Waals surface area contributed by atoms with Crippen LogP contribution in [0.25, 0.3) is 10.8 Å². The molecule has 33 heavy (non-hydrogen) atoms. The molecule has 1 aromatic heterocycles. The lowest BCUT2D eigenvalue weighted by Crippen LogP contribution is -2.32. The lowest BCUT2D eigenvalue weighted by atomic mass is 10.1. The molecule has 1 heterocycles. The van der Waals surface area contributed by atoms with E-state index in [0.717, 1.165) is 22.0 Å². The molecule has 0 saturated heterocycles. The molecule has 166 valence electrons. The smallest absolute Gasteiger partial charge is 0.320 e. The van der Waals surface area contributed by atoms with Gasteiger partial charge in [-0.1, -0.05) is 66.7 Å². The minimum absolute atomic E-state index is 0.0925. The second kappa shape index (κ2) is 9.73. The van der Waals surface area contributed by atoms with Gasteiger partial charge in [-0.2, -0.15) is 0 Å². The van der Waals surface area contributed by atoms with Crippen LogP contribution in [0, 0.1) is 10.1 Å². The van der Waals surface area contributed by atoms with E-state index < -0.39 is 4.92 Å². The number of hydrogen-bond donors (Lipinski definition) is 2. The quantitative estimate of drug-likeness (QED) is 0.307. The largest absolute Gasteiger partial charge is 0.355 e. The van der Waals surface area contributed by atoms with Gasteiger partial charge in [0, 0.05) is 11.9 Å². The van der Waals surface area contributed by atoms with E-state index in [-0.39, 0.29) is 29.7 Å². The van der Waals surface area contributed by atoms with Crippen LogP contribution in [-0.2, 0) is 11.2 Å². The van der Waals surface area contributed by atoms with Gasteiger partial charge in [-0.25, -0.2) is 9.97 Å². The van der Waals surface area contributed by atoms with Crippen LogP contribution in [-0.4, -0.2) is 27.3 Å². The maximum atomic E-state index is 12.3. The Morgan fingerprint density at radius 1 is 1.00 bits per heavy atom. The van der Waals surface area contributed by atoms with Crippen molar-refractivity contribution in [3.63, 3.8) is 0 Å². The first kappa shape index (κ1) is 21.7. The van der Waals surface area contributed by atoms with Crippen LogP contribution in [0.4, 0.5) is 23.0 Å². The van der Waals surface area contributed by atoms with Crippen LogP contribution in [0.5, 0.6) is 0 Å². The third-order valence-corrected chi connectivity index (χ3v) is 5.14. The lowest BCUT2D eigenvalue weighted by molar-refractivity contribution is -0.383. The molecule has 1 amide bonds. The number of carbonyl (C=O) groups is 1. The number of hydrogen-bond acceptors (Lipinski definition) is 7. The van der Waals surface area contributed by atoms with Gasteiger partial charge in [0.1, 0.15) is 6.33 Å². The summed E-state index contributed by atoms with van der Waals surface area (Å²) in [5.41, 5.74) is 6.38. The van der Waals surface area contributed by atoms with Crippen molar-refractivity contribution in [2.75, 3.05) is 16.9 Å². The molecule has 4 aromatic rings. The Bertz CT molecular complexity index is 1290. The lowest BCUT2D eigenvalue weighted by Gasteiger charge is -2.24. The summed E-state index contributed by atoms with van der Waals surface area (Å²) in [4.78, 5) is 33.8. The Labute approximate surface area is 190 Å². The van der Waals surface area contributed by atoms with Gasteiger partial charge in [0.2, 0.25) is 17.5 Å². The van der Waals surface area contributed by atoms with E-state index in [4.69, 9.17) is 0 Å². The number of amides is 1. The molecule has 0 fully saturated rings. The van der Waals surface area contributed by atoms with Crippen molar-refractivity contribution in [2.45, 2.75) is 13.3 Å².